The molecule has 6 heteroatoms. The summed E-state index contributed by atoms with van der Waals surface area (Å²) in [6.45, 7) is 2.52. The first-order valence-corrected chi connectivity index (χ1v) is 4.87. The lowest BCUT2D eigenvalue weighted by Gasteiger charge is -2.02. The third kappa shape index (κ3) is 3.17. The Labute approximate surface area is 87.3 Å². The van der Waals surface area contributed by atoms with Gasteiger partial charge in [-0.3, -0.25) is 4.68 Å². The molecule has 1 N–H and O–H groups in total. The van der Waals surface area contributed by atoms with E-state index in [-0.39, 0.29) is 0 Å². The van der Waals surface area contributed by atoms with Crippen molar-refractivity contribution in [3.8, 4) is 0 Å². The molecule has 0 aliphatic carbocycles. The number of hydrogen-bond acceptors (Lipinski definition) is 5. The number of rotatable bonds is 6. The molecule has 0 aliphatic rings. The van der Waals surface area contributed by atoms with Crippen molar-refractivity contribution in [1.82, 2.24) is 25.3 Å². The van der Waals surface area contributed by atoms with Crippen molar-refractivity contribution in [2.45, 2.75) is 19.5 Å². The van der Waals surface area contributed by atoms with E-state index in [9.17, 15) is 0 Å². The summed E-state index contributed by atoms with van der Waals surface area (Å²) in [5, 5.41) is 10.9. The van der Waals surface area contributed by atoms with E-state index in [0.29, 0.717) is 0 Å². The maximum absolute atomic E-state index is 5.08. The summed E-state index contributed by atoms with van der Waals surface area (Å²) < 4.78 is 6.90. The summed E-state index contributed by atoms with van der Waals surface area (Å²) in [5.41, 5.74) is 0. The van der Waals surface area contributed by atoms with Crippen LogP contribution in [0.2, 0.25) is 0 Å². The predicted molar refractivity (Wildman–Crippen MR) is 52.8 cm³/mol. The molecule has 2 aromatic heterocycles. The largest absolute Gasteiger partial charge is 0.447 e. The van der Waals surface area contributed by atoms with Crippen LogP contribution in [-0.2, 0) is 13.1 Å². The SMILES string of the molecule is c1cn(CCCNCc2cnco2)nn1. The second-order valence-corrected chi connectivity index (χ2v) is 3.16. The highest BCUT2D eigenvalue weighted by molar-refractivity contribution is 4.86. The predicted octanol–water partition coefficient (Wildman–Crippen LogP) is 0.446. The summed E-state index contributed by atoms with van der Waals surface area (Å²) in [5.74, 6) is 0.857. The Hall–Kier alpha value is -1.69. The maximum atomic E-state index is 5.08. The van der Waals surface area contributed by atoms with Crippen molar-refractivity contribution in [3.63, 3.8) is 0 Å². The Morgan fingerprint density at radius 1 is 1.47 bits per heavy atom. The minimum atomic E-state index is 0.720. The lowest BCUT2D eigenvalue weighted by atomic mass is 10.4. The molecule has 6 nitrogen and oxygen atoms in total. The average molecular weight is 207 g/mol. The van der Waals surface area contributed by atoms with Crippen molar-refractivity contribution in [2.24, 2.45) is 0 Å². The van der Waals surface area contributed by atoms with Crippen LogP contribution in [0.15, 0.2) is 29.4 Å². The second-order valence-electron chi connectivity index (χ2n) is 3.16. The van der Waals surface area contributed by atoms with E-state index in [1.54, 1.807) is 12.4 Å². The minimum absolute atomic E-state index is 0.720. The molecular weight excluding hydrogens is 194 g/mol. The van der Waals surface area contributed by atoms with Crippen LogP contribution in [0.1, 0.15) is 12.2 Å². The molecule has 0 radical (unpaired) electrons. The number of nitrogens with zero attached hydrogens (tertiary/aromatic N) is 4. The molecule has 0 aromatic carbocycles. The monoisotopic (exact) mass is 207 g/mol. The lowest BCUT2D eigenvalue weighted by molar-refractivity contribution is 0.467. The highest BCUT2D eigenvalue weighted by atomic mass is 16.3. The third-order valence-electron chi connectivity index (χ3n) is 2.00. The van der Waals surface area contributed by atoms with Crippen molar-refractivity contribution < 1.29 is 4.42 Å². The van der Waals surface area contributed by atoms with Crippen LogP contribution in [0.5, 0.6) is 0 Å². The summed E-state index contributed by atoms with van der Waals surface area (Å²) in [6, 6.07) is 0. The van der Waals surface area contributed by atoms with E-state index in [1.807, 2.05) is 10.9 Å². The van der Waals surface area contributed by atoms with Gasteiger partial charge in [-0.15, -0.1) is 5.10 Å². The van der Waals surface area contributed by atoms with Crippen molar-refractivity contribution in [2.75, 3.05) is 6.54 Å². The summed E-state index contributed by atoms with van der Waals surface area (Å²) in [6.07, 6.45) is 7.70. The fourth-order valence-corrected chi connectivity index (χ4v) is 1.26. The molecule has 2 rings (SSSR count). The van der Waals surface area contributed by atoms with Gasteiger partial charge in [-0.05, 0) is 13.0 Å². The van der Waals surface area contributed by atoms with E-state index in [4.69, 9.17) is 4.42 Å². The van der Waals surface area contributed by atoms with E-state index in [1.165, 1.54) is 6.39 Å². The van der Waals surface area contributed by atoms with Crippen molar-refractivity contribution in [1.29, 1.82) is 0 Å². The molecular formula is C9H13N5O. The van der Waals surface area contributed by atoms with Crippen LogP contribution < -0.4 is 5.32 Å². The van der Waals surface area contributed by atoms with Crippen molar-refractivity contribution >= 4 is 0 Å². The smallest absolute Gasteiger partial charge is 0.180 e. The van der Waals surface area contributed by atoms with E-state index in [2.05, 4.69) is 20.6 Å². The Morgan fingerprint density at radius 3 is 3.20 bits per heavy atom. The molecule has 0 bridgehead atoms. The van der Waals surface area contributed by atoms with Gasteiger partial charge in [0.15, 0.2) is 6.39 Å². The van der Waals surface area contributed by atoms with Gasteiger partial charge in [-0.2, -0.15) is 0 Å². The molecule has 0 aliphatic heterocycles. The first-order chi connectivity index (χ1) is 7.45. The number of nitrogens with one attached hydrogen (secondary N) is 1. The Bertz CT molecular complexity index is 320. The summed E-state index contributed by atoms with van der Waals surface area (Å²) >= 11 is 0. The van der Waals surface area contributed by atoms with Gasteiger partial charge < -0.3 is 9.73 Å². The first-order valence-electron chi connectivity index (χ1n) is 4.87. The van der Waals surface area contributed by atoms with E-state index >= 15 is 0 Å². The maximum Gasteiger partial charge on any atom is 0.180 e. The van der Waals surface area contributed by atoms with Crippen LogP contribution in [0.4, 0.5) is 0 Å². The van der Waals surface area contributed by atoms with Gasteiger partial charge in [0.2, 0.25) is 0 Å². The summed E-state index contributed by atoms with van der Waals surface area (Å²) in [7, 11) is 0. The topological polar surface area (TPSA) is 68.8 Å². The van der Waals surface area contributed by atoms with Crippen LogP contribution in [-0.4, -0.2) is 26.5 Å². The zero-order valence-electron chi connectivity index (χ0n) is 8.33. The number of aryl methyl sites for hydroxylation is 1. The molecule has 0 saturated heterocycles. The fraction of sp³-hybridized carbons (Fsp3) is 0.444. The molecule has 80 valence electrons. The molecule has 0 amide bonds. The van der Waals surface area contributed by atoms with Crippen LogP contribution in [0.25, 0.3) is 0 Å². The fourth-order valence-electron chi connectivity index (χ4n) is 1.26. The standard InChI is InChI=1S/C9H13N5O/c1(4-14-5-3-12-13-14)2-10-6-9-7-11-8-15-9/h3,5,7-8,10H,1-2,4,6H2. The normalized spacial score (nSPS) is 10.7. The molecule has 2 aromatic rings. The van der Waals surface area contributed by atoms with Crippen LogP contribution in [0, 0.1) is 0 Å². The molecule has 0 spiro atoms. The van der Waals surface area contributed by atoms with Gasteiger partial charge in [0.25, 0.3) is 0 Å². The van der Waals surface area contributed by atoms with E-state index < -0.39 is 0 Å². The first kappa shape index (κ1) is 9.85. The Kier molecular flexibility index (Phi) is 3.45. The number of aromatic nitrogens is 4. The number of hydrogen-bond donors (Lipinski definition) is 1. The Balaban J connectivity index is 1.56. The van der Waals surface area contributed by atoms with Gasteiger partial charge in [0.1, 0.15) is 5.76 Å². The highest BCUT2D eigenvalue weighted by Gasteiger charge is 1.95. The zero-order chi connectivity index (χ0) is 10.3. The van der Waals surface area contributed by atoms with Gasteiger partial charge in [0, 0.05) is 12.7 Å². The molecule has 2 heterocycles. The van der Waals surface area contributed by atoms with Gasteiger partial charge >= 0.3 is 0 Å². The molecule has 0 saturated carbocycles. The lowest BCUT2D eigenvalue weighted by Crippen LogP contribution is -2.16. The quantitative estimate of drug-likeness (QED) is 0.696. The molecule has 0 fully saturated rings. The highest BCUT2D eigenvalue weighted by Crippen LogP contribution is 1.95. The number of oxazole rings is 1. The van der Waals surface area contributed by atoms with Crippen molar-refractivity contribution in [3.05, 3.63) is 30.7 Å². The summed E-state index contributed by atoms with van der Waals surface area (Å²) in [4.78, 5) is 3.83. The second kappa shape index (κ2) is 5.26. The zero-order valence-corrected chi connectivity index (χ0v) is 8.33. The van der Waals surface area contributed by atoms with Gasteiger partial charge in [-0.1, -0.05) is 5.21 Å². The molecule has 15 heavy (non-hydrogen) atoms. The van der Waals surface area contributed by atoms with E-state index in [0.717, 1.165) is 31.8 Å². The van der Waals surface area contributed by atoms with Crippen LogP contribution in [0.3, 0.4) is 0 Å². The minimum Gasteiger partial charge on any atom is -0.447 e. The average Bonchev–Trinajstić information content (AvgIpc) is 2.88. The Morgan fingerprint density at radius 2 is 2.47 bits per heavy atom. The molecule has 0 unspecified atom stereocenters. The third-order valence-corrected chi connectivity index (χ3v) is 2.00. The van der Waals surface area contributed by atoms with Gasteiger partial charge in [0.05, 0.1) is 18.9 Å². The van der Waals surface area contributed by atoms with Gasteiger partial charge in [-0.25, -0.2) is 4.98 Å². The van der Waals surface area contributed by atoms with Crippen LogP contribution >= 0.6 is 0 Å². The molecule has 0 atom stereocenters.